The minimum atomic E-state index is -0.0425. The average Bonchev–Trinajstić information content (AvgIpc) is 3.45. The van der Waals surface area contributed by atoms with E-state index in [1.165, 1.54) is 0 Å². The quantitative estimate of drug-likeness (QED) is 0.772. The summed E-state index contributed by atoms with van der Waals surface area (Å²) in [6.07, 6.45) is 8.25. The summed E-state index contributed by atoms with van der Waals surface area (Å²) >= 11 is 0. The first kappa shape index (κ1) is 20.2. The summed E-state index contributed by atoms with van der Waals surface area (Å²) in [5.74, 6) is 3.22. The molecule has 10 nitrogen and oxygen atoms in total. The Morgan fingerprint density at radius 1 is 0.700 bits per heavy atom. The van der Waals surface area contributed by atoms with Crippen molar-refractivity contribution < 1.29 is 0 Å². The molecule has 4 rings (SSSR count). The molecule has 0 saturated carbocycles. The summed E-state index contributed by atoms with van der Waals surface area (Å²) in [7, 11) is 0. The molecule has 0 saturated heterocycles. The molecule has 4 heterocycles. The number of nitrogens with one attached hydrogen (secondary N) is 2. The number of H-pyrrole nitrogens is 2. The molecule has 0 spiro atoms. The molecule has 0 atom stereocenters. The van der Waals surface area contributed by atoms with Gasteiger partial charge in [0.05, 0.1) is 13.3 Å². The van der Waals surface area contributed by atoms with Gasteiger partial charge in [0.1, 0.15) is 11.6 Å². The highest BCUT2D eigenvalue weighted by Crippen LogP contribution is 2.23. The minimum Gasteiger partial charge on any atom is -0.356 e. The van der Waals surface area contributed by atoms with Crippen molar-refractivity contribution >= 4 is 11.9 Å². The average molecular weight is 413 g/mol. The third kappa shape index (κ3) is 4.27. The van der Waals surface area contributed by atoms with Gasteiger partial charge in [-0.3, -0.25) is 20.0 Å². The molecule has 0 aromatic carbocycles. The lowest BCUT2D eigenvalue weighted by molar-refractivity contribution is 0.321. The predicted octanol–water partition coefficient (Wildman–Crippen LogP) is 2.32. The van der Waals surface area contributed by atoms with Crippen molar-refractivity contribution in [3.8, 4) is 0 Å². The second-order valence-corrected chi connectivity index (χ2v) is 9.91. The van der Waals surface area contributed by atoms with E-state index in [2.05, 4.69) is 104 Å². The van der Waals surface area contributed by atoms with Gasteiger partial charge in [-0.1, -0.05) is 41.5 Å². The number of hydrogen-bond donors (Lipinski definition) is 2. The Bertz CT molecular complexity index is 850. The van der Waals surface area contributed by atoms with E-state index in [9.17, 15) is 0 Å². The predicted molar refractivity (Wildman–Crippen MR) is 117 cm³/mol. The van der Waals surface area contributed by atoms with Crippen LogP contribution in [0.2, 0.25) is 0 Å². The molecule has 2 aliphatic rings. The minimum absolute atomic E-state index is 0.0425. The number of aromatic amines is 2. The lowest BCUT2D eigenvalue weighted by Gasteiger charge is -2.23. The van der Waals surface area contributed by atoms with Crippen molar-refractivity contribution in [2.45, 2.75) is 52.4 Å². The van der Waals surface area contributed by atoms with E-state index in [-0.39, 0.29) is 10.8 Å². The fourth-order valence-corrected chi connectivity index (χ4v) is 3.17. The highest BCUT2D eigenvalue weighted by molar-refractivity contribution is 5.37. The number of nitrogens with zero attached hydrogens (tertiary/aromatic N) is 8. The molecule has 162 valence electrons. The Labute approximate surface area is 177 Å². The van der Waals surface area contributed by atoms with Gasteiger partial charge in [-0.15, -0.1) is 10.2 Å². The third-order valence-electron chi connectivity index (χ3n) is 5.14. The molecule has 0 unspecified atom stereocenters. The van der Waals surface area contributed by atoms with Crippen LogP contribution < -0.4 is 9.80 Å². The highest BCUT2D eigenvalue weighted by atomic mass is 15.5. The maximum atomic E-state index is 4.63. The van der Waals surface area contributed by atoms with E-state index < -0.39 is 0 Å². The summed E-state index contributed by atoms with van der Waals surface area (Å²) in [6.45, 7) is 16.1. The van der Waals surface area contributed by atoms with Gasteiger partial charge >= 0.3 is 0 Å². The molecule has 10 heteroatoms. The maximum Gasteiger partial charge on any atom is 0.250 e. The summed E-state index contributed by atoms with van der Waals surface area (Å²) in [5.41, 5.74) is -0.0850. The molecule has 2 N–H and O–H groups in total. The topological polar surface area (TPSA) is 96.1 Å². The van der Waals surface area contributed by atoms with Gasteiger partial charge in [0.2, 0.25) is 11.9 Å². The van der Waals surface area contributed by atoms with Gasteiger partial charge in [0.25, 0.3) is 0 Å². The number of anilines is 2. The van der Waals surface area contributed by atoms with E-state index in [4.69, 9.17) is 0 Å². The summed E-state index contributed by atoms with van der Waals surface area (Å²) in [5, 5.41) is 14.8. The molecule has 2 aromatic heterocycles. The molecule has 0 radical (unpaired) electrons. The van der Waals surface area contributed by atoms with Crippen LogP contribution in [0, 0.1) is 0 Å². The van der Waals surface area contributed by atoms with Crippen LogP contribution in [-0.2, 0) is 10.8 Å². The maximum absolute atomic E-state index is 4.63. The van der Waals surface area contributed by atoms with Crippen LogP contribution in [0.25, 0.3) is 0 Å². The summed E-state index contributed by atoms with van der Waals surface area (Å²) in [6, 6.07) is 0. The Morgan fingerprint density at radius 3 is 1.43 bits per heavy atom. The van der Waals surface area contributed by atoms with Gasteiger partial charge in [0, 0.05) is 48.7 Å². The van der Waals surface area contributed by atoms with Crippen molar-refractivity contribution in [1.82, 2.24) is 40.2 Å². The summed E-state index contributed by atoms with van der Waals surface area (Å²) in [4.78, 5) is 17.9. The van der Waals surface area contributed by atoms with Crippen LogP contribution in [0.4, 0.5) is 11.9 Å². The Balaban J connectivity index is 1.26. The van der Waals surface area contributed by atoms with Gasteiger partial charge < -0.3 is 9.80 Å². The van der Waals surface area contributed by atoms with Crippen molar-refractivity contribution in [2.24, 2.45) is 0 Å². The van der Waals surface area contributed by atoms with Gasteiger partial charge in [-0.25, -0.2) is 0 Å². The summed E-state index contributed by atoms with van der Waals surface area (Å²) < 4.78 is 0. The van der Waals surface area contributed by atoms with Crippen molar-refractivity contribution in [1.29, 1.82) is 0 Å². The fraction of sp³-hybridized carbons (Fsp3) is 0.600. The number of hydrogen-bond acceptors (Lipinski definition) is 8. The normalized spacial score (nSPS) is 17.1. The van der Waals surface area contributed by atoms with E-state index in [0.717, 1.165) is 38.1 Å². The van der Waals surface area contributed by atoms with E-state index in [0.29, 0.717) is 11.9 Å². The number of rotatable bonds is 5. The van der Waals surface area contributed by atoms with E-state index in [1.807, 2.05) is 12.4 Å². The molecule has 2 aliphatic heterocycles. The van der Waals surface area contributed by atoms with Crippen LogP contribution in [-0.4, -0.2) is 66.6 Å². The molecular formula is C20H32N10. The fourth-order valence-electron chi connectivity index (χ4n) is 3.17. The van der Waals surface area contributed by atoms with Crippen LogP contribution in [0.15, 0.2) is 24.8 Å². The van der Waals surface area contributed by atoms with Crippen molar-refractivity contribution in [2.75, 3.05) is 36.2 Å². The molecule has 0 fully saturated rings. The van der Waals surface area contributed by atoms with E-state index in [1.54, 1.807) is 0 Å². The van der Waals surface area contributed by atoms with E-state index >= 15 is 0 Å². The first-order chi connectivity index (χ1) is 14.1. The zero-order valence-corrected chi connectivity index (χ0v) is 18.7. The van der Waals surface area contributed by atoms with Crippen LogP contribution in [0.3, 0.4) is 0 Å². The third-order valence-corrected chi connectivity index (χ3v) is 5.14. The molecule has 0 bridgehead atoms. The monoisotopic (exact) mass is 412 g/mol. The Hall–Kier alpha value is -3.04. The first-order valence-corrected chi connectivity index (χ1v) is 10.3. The SMILES string of the molecule is CC(C)(C)c1nc(N2C=CN(CCN3C=CN(c4n[nH]c(C(C)(C)C)n4)C3)C2)n[nH]1. The zero-order chi connectivity index (χ0) is 21.5. The van der Waals surface area contributed by atoms with Gasteiger partial charge in [-0.05, 0) is 0 Å². The highest BCUT2D eigenvalue weighted by Gasteiger charge is 2.25. The molecular weight excluding hydrogens is 380 g/mol. The van der Waals surface area contributed by atoms with Crippen LogP contribution in [0.1, 0.15) is 53.2 Å². The largest absolute Gasteiger partial charge is 0.356 e. The lowest BCUT2D eigenvalue weighted by Crippen LogP contribution is -2.34. The van der Waals surface area contributed by atoms with Crippen LogP contribution in [0.5, 0.6) is 0 Å². The molecule has 30 heavy (non-hydrogen) atoms. The smallest absolute Gasteiger partial charge is 0.250 e. The molecule has 0 amide bonds. The lowest BCUT2D eigenvalue weighted by atomic mass is 9.96. The molecule has 2 aromatic rings. The Kier molecular flexibility index (Phi) is 4.95. The second kappa shape index (κ2) is 7.33. The van der Waals surface area contributed by atoms with Crippen molar-refractivity contribution in [3.05, 3.63) is 36.4 Å². The molecule has 0 aliphatic carbocycles. The second-order valence-electron chi connectivity index (χ2n) is 9.91. The van der Waals surface area contributed by atoms with Crippen LogP contribution >= 0.6 is 0 Å². The van der Waals surface area contributed by atoms with Crippen molar-refractivity contribution in [3.63, 3.8) is 0 Å². The number of aromatic nitrogens is 6. The van der Waals surface area contributed by atoms with Gasteiger partial charge in [0.15, 0.2) is 0 Å². The first-order valence-electron chi connectivity index (χ1n) is 10.3. The Morgan fingerprint density at radius 2 is 1.10 bits per heavy atom. The standard InChI is InChI=1S/C20H32N10/c1-19(2,3)15-21-17(25-23-15)29-11-9-27(13-29)7-8-28-10-12-30(14-28)18-22-16(24-26-18)20(4,5)6/h9-12H,7-8,13-14H2,1-6H3,(H,21,23,25)(H,22,24,26). The van der Waals surface area contributed by atoms with Gasteiger partial charge in [-0.2, -0.15) is 9.97 Å². The zero-order valence-electron chi connectivity index (χ0n) is 18.7.